The van der Waals surface area contributed by atoms with Crippen LogP contribution in [0.3, 0.4) is 0 Å². The van der Waals surface area contributed by atoms with E-state index in [1.54, 1.807) is 11.3 Å². The second kappa shape index (κ2) is 9.82. The Morgan fingerprint density at radius 1 is 1.19 bits per heavy atom. The van der Waals surface area contributed by atoms with E-state index in [1.807, 2.05) is 24.3 Å². The number of nitrogens with one attached hydrogen (secondary N) is 1. The second-order valence-electron chi connectivity index (χ2n) is 9.15. The third-order valence-electron chi connectivity index (χ3n) is 6.22. The van der Waals surface area contributed by atoms with E-state index in [0.29, 0.717) is 11.8 Å². The molecule has 2 aromatic heterocycles. The summed E-state index contributed by atoms with van der Waals surface area (Å²) in [7, 11) is 0. The highest BCUT2D eigenvalue weighted by molar-refractivity contribution is 7.13. The standard InChI is InChI=1S/C26H33N3OS/c1-18(2)16-29-19(3)22(25(30)27-15-20-10-6-4-7-11-20)14-24(29)23-17-31-26(28-23)21-12-8-5-9-13-21/h5,8-9,12-14,17-18,20H,4,6-7,10-11,15-16H2,1-3H3,(H,27,30). The largest absolute Gasteiger partial charge is 0.352 e. The number of aromatic nitrogens is 2. The van der Waals surface area contributed by atoms with E-state index in [9.17, 15) is 4.79 Å². The Morgan fingerprint density at radius 2 is 1.94 bits per heavy atom. The molecule has 4 nitrogen and oxygen atoms in total. The van der Waals surface area contributed by atoms with Crippen LogP contribution in [0.2, 0.25) is 0 Å². The van der Waals surface area contributed by atoms with Crippen molar-refractivity contribution in [1.82, 2.24) is 14.9 Å². The molecule has 5 heteroatoms. The molecule has 0 radical (unpaired) electrons. The lowest BCUT2D eigenvalue weighted by atomic mass is 9.89. The molecule has 2 heterocycles. The molecule has 31 heavy (non-hydrogen) atoms. The third-order valence-corrected chi connectivity index (χ3v) is 7.11. The van der Waals surface area contributed by atoms with Gasteiger partial charge in [0.2, 0.25) is 0 Å². The lowest BCUT2D eigenvalue weighted by Gasteiger charge is -2.21. The normalized spacial score (nSPS) is 14.8. The molecule has 1 N–H and O–H groups in total. The van der Waals surface area contributed by atoms with Crippen LogP contribution >= 0.6 is 11.3 Å². The van der Waals surface area contributed by atoms with Crippen LogP contribution in [-0.4, -0.2) is 22.0 Å². The number of carbonyl (C=O) groups is 1. The number of nitrogens with zero attached hydrogens (tertiary/aromatic N) is 2. The van der Waals surface area contributed by atoms with Crippen molar-refractivity contribution in [3.63, 3.8) is 0 Å². The van der Waals surface area contributed by atoms with Crippen LogP contribution < -0.4 is 5.32 Å². The van der Waals surface area contributed by atoms with Crippen LogP contribution in [0.15, 0.2) is 41.8 Å². The molecule has 1 aromatic carbocycles. The van der Waals surface area contributed by atoms with Crippen molar-refractivity contribution in [1.29, 1.82) is 0 Å². The molecule has 0 spiro atoms. The average Bonchev–Trinajstić information content (AvgIpc) is 3.39. The van der Waals surface area contributed by atoms with Crippen molar-refractivity contribution >= 4 is 17.2 Å². The van der Waals surface area contributed by atoms with Crippen LogP contribution in [0.5, 0.6) is 0 Å². The SMILES string of the molecule is Cc1c(C(=O)NCC2CCCCC2)cc(-c2csc(-c3ccccc3)n2)n1CC(C)C. The van der Waals surface area contributed by atoms with Gasteiger partial charge in [0.05, 0.1) is 17.0 Å². The first kappa shape index (κ1) is 21.8. The molecule has 0 atom stereocenters. The van der Waals surface area contributed by atoms with Gasteiger partial charge in [-0.15, -0.1) is 11.3 Å². The van der Waals surface area contributed by atoms with Crippen molar-refractivity contribution in [3.05, 3.63) is 53.0 Å². The average molecular weight is 436 g/mol. The first-order chi connectivity index (χ1) is 15.0. The predicted molar refractivity (Wildman–Crippen MR) is 129 cm³/mol. The summed E-state index contributed by atoms with van der Waals surface area (Å²) in [5.41, 5.74) is 4.91. The number of carbonyl (C=O) groups excluding carboxylic acids is 1. The van der Waals surface area contributed by atoms with Crippen LogP contribution in [0.1, 0.15) is 62.0 Å². The lowest BCUT2D eigenvalue weighted by molar-refractivity contribution is 0.0943. The number of amides is 1. The summed E-state index contributed by atoms with van der Waals surface area (Å²) >= 11 is 1.65. The van der Waals surface area contributed by atoms with Gasteiger partial charge in [0.25, 0.3) is 5.91 Å². The van der Waals surface area contributed by atoms with Crippen molar-refractivity contribution in [3.8, 4) is 22.0 Å². The fourth-order valence-corrected chi connectivity index (χ4v) is 5.34. The fraction of sp³-hybridized carbons (Fsp3) is 0.462. The van der Waals surface area contributed by atoms with Gasteiger partial charge in [-0.2, -0.15) is 0 Å². The Morgan fingerprint density at radius 3 is 2.65 bits per heavy atom. The molecule has 0 bridgehead atoms. The molecule has 1 amide bonds. The zero-order valence-corrected chi connectivity index (χ0v) is 19.7. The maximum Gasteiger partial charge on any atom is 0.253 e. The van der Waals surface area contributed by atoms with E-state index in [4.69, 9.17) is 4.98 Å². The van der Waals surface area contributed by atoms with Gasteiger partial charge < -0.3 is 9.88 Å². The van der Waals surface area contributed by atoms with Crippen molar-refractivity contribution in [2.45, 2.75) is 59.4 Å². The summed E-state index contributed by atoms with van der Waals surface area (Å²) in [5.74, 6) is 1.16. The lowest BCUT2D eigenvalue weighted by Crippen LogP contribution is -2.30. The second-order valence-corrected chi connectivity index (χ2v) is 10.0. The molecule has 0 unspecified atom stereocenters. The minimum atomic E-state index is 0.0466. The van der Waals surface area contributed by atoms with E-state index < -0.39 is 0 Å². The summed E-state index contributed by atoms with van der Waals surface area (Å²) in [6.45, 7) is 8.14. The molecule has 164 valence electrons. The summed E-state index contributed by atoms with van der Waals surface area (Å²) < 4.78 is 2.27. The van der Waals surface area contributed by atoms with Crippen LogP contribution in [0.4, 0.5) is 0 Å². The molecule has 4 rings (SSSR count). The molecule has 1 fully saturated rings. The van der Waals surface area contributed by atoms with Gasteiger partial charge in [-0.3, -0.25) is 4.79 Å². The fourth-order valence-electron chi connectivity index (χ4n) is 4.52. The molecule has 0 saturated heterocycles. The summed E-state index contributed by atoms with van der Waals surface area (Å²) in [6.07, 6.45) is 6.40. The zero-order valence-electron chi connectivity index (χ0n) is 18.9. The Kier molecular flexibility index (Phi) is 6.91. The minimum Gasteiger partial charge on any atom is -0.352 e. The minimum absolute atomic E-state index is 0.0466. The number of hydrogen-bond donors (Lipinski definition) is 1. The van der Waals surface area contributed by atoms with E-state index >= 15 is 0 Å². The van der Waals surface area contributed by atoms with Crippen LogP contribution in [0.25, 0.3) is 22.0 Å². The molecule has 1 aliphatic rings. The van der Waals surface area contributed by atoms with Gasteiger partial charge in [0.15, 0.2) is 0 Å². The smallest absolute Gasteiger partial charge is 0.253 e. The Labute approximate surface area is 189 Å². The number of rotatable bonds is 7. The number of thiazole rings is 1. The van der Waals surface area contributed by atoms with E-state index in [1.165, 1.54) is 32.1 Å². The summed E-state index contributed by atoms with van der Waals surface area (Å²) in [4.78, 5) is 18.0. The Hall–Kier alpha value is -2.40. The monoisotopic (exact) mass is 435 g/mol. The highest BCUT2D eigenvalue weighted by atomic mass is 32.1. The van der Waals surface area contributed by atoms with Gasteiger partial charge in [0, 0.05) is 29.7 Å². The number of hydrogen-bond acceptors (Lipinski definition) is 3. The highest BCUT2D eigenvalue weighted by Gasteiger charge is 2.22. The van der Waals surface area contributed by atoms with Gasteiger partial charge >= 0.3 is 0 Å². The zero-order chi connectivity index (χ0) is 21.8. The van der Waals surface area contributed by atoms with Crippen molar-refractivity contribution in [2.24, 2.45) is 11.8 Å². The quantitative estimate of drug-likeness (QED) is 0.457. The topological polar surface area (TPSA) is 46.9 Å². The number of benzene rings is 1. The predicted octanol–water partition coefficient (Wildman–Crippen LogP) is 6.55. The van der Waals surface area contributed by atoms with Crippen molar-refractivity contribution in [2.75, 3.05) is 6.54 Å². The van der Waals surface area contributed by atoms with Crippen LogP contribution in [0, 0.1) is 18.8 Å². The van der Waals surface area contributed by atoms with E-state index in [-0.39, 0.29) is 5.91 Å². The third kappa shape index (κ3) is 5.09. The Balaban J connectivity index is 1.60. The molecule has 3 aromatic rings. The van der Waals surface area contributed by atoms with Crippen LogP contribution in [-0.2, 0) is 6.54 Å². The van der Waals surface area contributed by atoms with Gasteiger partial charge in [-0.05, 0) is 37.7 Å². The van der Waals surface area contributed by atoms with Gasteiger partial charge in [-0.1, -0.05) is 63.4 Å². The highest BCUT2D eigenvalue weighted by Crippen LogP contribution is 2.32. The summed E-state index contributed by atoms with van der Waals surface area (Å²) in [6, 6.07) is 12.3. The Bertz CT molecular complexity index is 1010. The first-order valence-electron chi connectivity index (χ1n) is 11.5. The molecule has 0 aliphatic heterocycles. The molecular weight excluding hydrogens is 402 g/mol. The van der Waals surface area contributed by atoms with Gasteiger partial charge in [0.1, 0.15) is 5.01 Å². The van der Waals surface area contributed by atoms with E-state index in [0.717, 1.165) is 46.3 Å². The molecule has 1 aliphatic carbocycles. The summed E-state index contributed by atoms with van der Waals surface area (Å²) in [5, 5.41) is 6.33. The van der Waals surface area contributed by atoms with E-state index in [2.05, 4.69) is 48.2 Å². The van der Waals surface area contributed by atoms with Gasteiger partial charge in [-0.25, -0.2) is 4.98 Å². The molecular formula is C26H33N3OS. The maximum atomic E-state index is 13.1. The van der Waals surface area contributed by atoms with Crippen molar-refractivity contribution < 1.29 is 4.79 Å². The first-order valence-corrected chi connectivity index (χ1v) is 12.4. The molecule has 1 saturated carbocycles. The maximum absolute atomic E-state index is 13.1.